The maximum Gasteiger partial charge on any atom is 0.145 e. The van der Waals surface area contributed by atoms with Crippen LogP contribution in [0.25, 0.3) is 11.0 Å². The molecule has 4 rings (SSSR count). The van der Waals surface area contributed by atoms with E-state index in [1.165, 1.54) is 32.1 Å². The Morgan fingerprint density at radius 1 is 1.05 bits per heavy atom. The van der Waals surface area contributed by atoms with Gasteiger partial charge in [0.2, 0.25) is 0 Å². The summed E-state index contributed by atoms with van der Waals surface area (Å²) in [5.74, 6) is 0. The van der Waals surface area contributed by atoms with Crippen LogP contribution in [0.3, 0.4) is 0 Å². The third-order valence-corrected chi connectivity index (χ3v) is 4.72. The van der Waals surface area contributed by atoms with Crippen LogP contribution in [0.2, 0.25) is 0 Å². The molecular formula is C15H20N4. The molecule has 2 fully saturated rings. The molecule has 2 heterocycles. The Balaban J connectivity index is 1.61. The molecule has 1 aliphatic carbocycles. The molecule has 1 aromatic carbocycles. The average Bonchev–Trinajstić information content (AvgIpc) is 2.97. The highest BCUT2D eigenvalue weighted by molar-refractivity contribution is 5.73. The van der Waals surface area contributed by atoms with E-state index >= 15 is 0 Å². The number of nitrogens with zero attached hydrogens (tertiary/aromatic N) is 4. The quantitative estimate of drug-likeness (QED) is 0.775. The summed E-state index contributed by atoms with van der Waals surface area (Å²) < 4.78 is 0. The summed E-state index contributed by atoms with van der Waals surface area (Å²) in [6.07, 6.45) is 6.86. The van der Waals surface area contributed by atoms with Gasteiger partial charge in [-0.25, -0.2) is 0 Å². The van der Waals surface area contributed by atoms with Gasteiger partial charge in [0.1, 0.15) is 16.7 Å². The molecule has 0 spiro atoms. The van der Waals surface area contributed by atoms with Crippen molar-refractivity contribution in [2.24, 2.45) is 0 Å². The van der Waals surface area contributed by atoms with E-state index in [0.29, 0.717) is 0 Å². The van der Waals surface area contributed by atoms with E-state index in [4.69, 9.17) is 0 Å². The van der Waals surface area contributed by atoms with E-state index in [0.717, 1.165) is 23.6 Å². The Labute approximate surface area is 113 Å². The molecule has 0 N–H and O–H groups in total. The minimum Gasteiger partial charge on any atom is -0.270 e. The molecule has 100 valence electrons. The van der Waals surface area contributed by atoms with Gasteiger partial charge < -0.3 is 0 Å². The number of benzene rings is 1. The molecule has 2 aliphatic rings. The first-order valence-corrected chi connectivity index (χ1v) is 7.37. The van der Waals surface area contributed by atoms with E-state index in [2.05, 4.69) is 22.0 Å². The fourth-order valence-corrected chi connectivity index (χ4v) is 3.46. The first-order chi connectivity index (χ1) is 9.27. The summed E-state index contributed by atoms with van der Waals surface area (Å²) in [5.41, 5.74) is 2.01. The monoisotopic (exact) mass is 256 g/mol. The van der Waals surface area contributed by atoms with Crippen LogP contribution < -0.4 is 0 Å². The molecule has 0 radical (unpaired) electrons. The normalized spacial score (nSPS) is 31.7. The SMILES string of the molecule is CC1(n2nc3ccccc3n2)CN1C1CCCCC1. The lowest BCUT2D eigenvalue weighted by molar-refractivity contribution is 0.199. The Morgan fingerprint density at radius 2 is 1.68 bits per heavy atom. The summed E-state index contributed by atoms with van der Waals surface area (Å²) in [4.78, 5) is 4.51. The first-order valence-electron chi connectivity index (χ1n) is 7.37. The molecule has 2 unspecified atom stereocenters. The molecule has 1 saturated carbocycles. The average molecular weight is 256 g/mol. The van der Waals surface area contributed by atoms with E-state index < -0.39 is 0 Å². The summed E-state index contributed by atoms with van der Waals surface area (Å²) in [5, 5.41) is 9.31. The van der Waals surface area contributed by atoms with Crippen molar-refractivity contribution in [2.75, 3.05) is 6.54 Å². The Kier molecular flexibility index (Phi) is 2.42. The largest absolute Gasteiger partial charge is 0.270 e. The fourth-order valence-electron chi connectivity index (χ4n) is 3.46. The third-order valence-electron chi connectivity index (χ3n) is 4.72. The van der Waals surface area contributed by atoms with E-state index in [9.17, 15) is 0 Å². The number of hydrogen-bond acceptors (Lipinski definition) is 3. The van der Waals surface area contributed by atoms with Crippen molar-refractivity contribution in [3.8, 4) is 0 Å². The van der Waals surface area contributed by atoms with Gasteiger partial charge in [-0.05, 0) is 31.9 Å². The highest BCUT2D eigenvalue weighted by Crippen LogP contribution is 2.42. The zero-order valence-electron chi connectivity index (χ0n) is 11.4. The minimum atomic E-state index is 0.0149. The van der Waals surface area contributed by atoms with Gasteiger partial charge in [0.15, 0.2) is 0 Å². The van der Waals surface area contributed by atoms with E-state index in [1.54, 1.807) is 0 Å². The molecular weight excluding hydrogens is 236 g/mol. The molecule has 2 atom stereocenters. The topological polar surface area (TPSA) is 33.7 Å². The minimum absolute atomic E-state index is 0.0149. The molecule has 4 heteroatoms. The van der Waals surface area contributed by atoms with Gasteiger partial charge in [-0.2, -0.15) is 15.0 Å². The highest BCUT2D eigenvalue weighted by atomic mass is 15.6. The number of rotatable bonds is 2. The molecule has 2 aromatic rings. The van der Waals surface area contributed by atoms with Crippen LogP contribution in [0.5, 0.6) is 0 Å². The molecule has 1 aromatic heterocycles. The molecule has 19 heavy (non-hydrogen) atoms. The Bertz CT molecular complexity index is 566. The molecule has 0 amide bonds. The van der Waals surface area contributed by atoms with Crippen molar-refractivity contribution in [1.29, 1.82) is 0 Å². The summed E-state index contributed by atoms with van der Waals surface area (Å²) in [6, 6.07) is 8.86. The van der Waals surface area contributed by atoms with Gasteiger partial charge in [0.25, 0.3) is 0 Å². The van der Waals surface area contributed by atoms with Crippen molar-refractivity contribution < 1.29 is 0 Å². The number of hydrogen-bond donors (Lipinski definition) is 0. The maximum atomic E-state index is 4.66. The van der Waals surface area contributed by atoms with Crippen molar-refractivity contribution in [3.63, 3.8) is 0 Å². The Hall–Kier alpha value is -1.42. The zero-order chi connectivity index (χ0) is 12.9. The second-order valence-electron chi connectivity index (χ2n) is 6.11. The van der Waals surface area contributed by atoms with Crippen LogP contribution in [0.4, 0.5) is 0 Å². The van der Waals surface area contributed by atoms with Crippen LogP contribution >= 0.6 is 0 Å². The van der Waals surface area contributed by atoms with Crippen LogP contribution in [0.1, 0.15) is 39.0 Å². The fraction of sp³-hybridized carbons (Fsp3) is 0.600. The van der Waals surface area contributed by atoms with Crippen molar-refractivity contribution >= 4 is 11.0 Å². The molecule has 1 aliphatic heterocycles. The van der Waals surface area contributed by atoms with Crippen LogP contribution in [0, 0.1) is 0 Å². The highest BCUT2D eigenvalue weighted by Gasteiger charge is 2.54. The van der Waals surface area contributed by atoms with E-state index in [1.807, 2.05) is 29.1 Å². The van der Waals surface area contributed by atoms with Gasteiger partial charge in [0, 0.05) is 12.6 Å². The molecule has 4 nitrogen and oxygen atoms in total. The standard InChI is InChI=1S/C15H20N4/c1-15(11-18(15)12-7-3-2-4-8-12)19-16-13-9-5-6-10-14(13)17-19/h5-6,9-10,12H,2-4,7-8,11H2,1H3. The van der Waals surface area contributed by atoms with Crippen molar-refractivity contribution in [1.82, 2.24) is 19.9 Å². The number of aromatic nitrogens is 3. The smallest absolute Gasteiger partial charge is 0.145 e. The second kappa shape index (κ2) is 4.04. The number of fused-ring (bicyclic) bond motifs is 1. The van der Waals surface area contributed by atoms with E-state index in [-0.39, 0.29) is 5.66 Å². The van der Waals surface area contributed by atoms with Gasteiger partial charge >= 0.3 is 0 Å². The third kappa shape index (κ3) is 1.77. The van der Waals surface area contributed by atoms with Crippen molar-refractivity contribution in [3.05, 3.63) is 24.3 Å². The molecule has 1 saturated heterocycles. The predicted molar refractivity (Wildman–Crippen MR) is 74.8 cm³/mol. The molecule has 0 bridgehead atoms. The zero-order valence-corrected chi connectivity index (χ0v) is 11.4. The predicted octanol–water partition coefficient (Wildman–Crippen LogP) is 2.75. The first kappa shape index (κ1) is 11.4. The van der Waals surface area contributed by atoms with Gasteiger partial charge in [0.05, 0.1) is 0 Å². The Morgan fingerprint density at radius 3 is 2.32 bits per heavy atom. The van der Waals surface area contributed by atoms with Crippen LogP contribution in [-0.2, 0) is 5.66 Å². The lowest BCUT2D eigenvalue weighted by atomic mass is 9.95. The summed E-state index contributed by atoms with van der Waals surface area (Å²) in [7, 11) is 0. The maximum absolute atomic E-state index is 4.66. The van der Waals surface area contributed by atoms with Crippen molar-refractivity contribution in [2.45, 2.75) is 50.7 Å². The summed E-state index contributed by atoms with van der Waals surface area (Å²) >= 11 is 0. The van der Waals surface area contributed by atoms with Gasteiger partial charge in [-0.3, -0.25) is 4.90 Å². The lowest BCUT2D eigenvalue weighted by Gasteiger charge is -2.25. The lowest BCUT2D eigenvalue weighted by Crippen LogP contribution is -2.31. The van der Waals surface area contributed by atoms with Crippen LogP contribution in [0.15, 0.2) is 24.3 Å². The van der Waals surface area contributed by atoms with Gasteiger partial charge in [-0.1, -0.05) is 31.4 Å². The summed E-state index contributed by atoms with van der Waals surface area (Å²) in [6.45, 7) is 3.36. The van der Waals surface area contributed by atoms with Crippen LogP contribution in [-0.4, -0.2) is 32.5 Å². The van der Waals surface area contributed by atoms with Gasteiger partial charge in [-0.15, -0.1) is 0 Å². The second-order valence-corrected chi connectivity index (χ2v) is 6.11.